The van der Waals surface area contributed by atoms with E-state index in [4.69, 9.17) is 5.73 Å². The van der Waals surface area contributed by atoms with Crippen molar-refractivity contribution < 1.29 is 14.8 Å². The number of phenolic OH excluding ortho intramolecular Hbond substituents is 1. The Labute approximate surface area is 120 Å². The average molecular weight is 287 g/mol. The monoisotopic (exact) mass is 287 g/mol. The number of primary amides is 1. The highest BCUT2D eigenvalue weighted by atomic mass is 16.6. The van der Waals surface area contributed by atoms with Gasteiger partial charge in [0.1, 0.15) is 11.4 Å². The van der Waals surface area contributed by atoms with Gasteiger partial charge < -0.3 is 16.2 Å². The van der Waals surface area contributed by atoms with Crippen molar-refractivity contribution in [3.8, 4) is 5.75 Å². The van der Waals surface area contributed by atoms with Gasteiger partial charge in [0.15, 0.2) is 0 Å². The number of aromatic hydroxyl groups is 1. The van der Waals surface area contributed by atoms with Crippen LogP contribution in [0.25, 0.3) is 0 Å². The van der Waals surface area contributed by atoms with Crippen molar-refractivity contribution in [2.24, 2.45) is 5.73 Å². The van der Waals surface area contributed by atoms with Gasteiger partial charge in [-0.05, 0) is 29.8 Å². The van der Waals surface area contributed by atoms with Gasteiger partial charge in [0.25, 0.3) is 5.69 Å². The number of hydrogen-bond acceptors (Lipinski definition) is 5. The van der Waals surface area contributed by atoms with Gasteiger partial charge >= 0.3 is 0 Å². The van der Waals surface area contributed by atoms with Crippen LogP contribution in [0, 0.1) is 10.1 Å². The van der Waals surface area contributed by atoms with Crippen molar-refractivity contribution in [2.75, 3.05) is 5.32 Å². The summed E-state index contributed by atoms with van der Waals surface area (Å²) in [5, 5.41) is 23.1. The first-order chi connectivity index (χ1) is 9.97. The molecule has 0 aliphatic rings. The van der Waals surface area contributed by atoms with Crippen LogP contribution in [0.15, 0.2) is 42.5 Å². The van der Waals surface area contributed by atoms with Crippen LogP contribution in [0.2, 0.25) is 0 Å². The molecule has 7 heteroatoms. The SMILES string of the molecule is NC(=O)c1cccc(CNc2ccc(O)cc2[N+](=O)[O-])c1. The van der Waals surface area contributed by atoms with E-state index in [0.29, 0.717) is 5.56 Å². The van der Waals surface area contributed by atoms with Crippen LogP contribution in [0.5, 0.6) is 5.75 Å². The van der Waals surface area contributed by atoms with E-state index in [9.17, 15) is 20.0 Å². The molecule has 0 radical (unpaired) electrons. The van der Waals surface area contributed by atoms with Crippen LogP contribution in [-0.4, -0.2) is 15.9 Å². The van der Waals surface area contributed by atoms with Crippen LogP contribution in [-0.2, 0) is 6.54 Å². The maximum atomic E-state index is 11.1. The molecule has 0 heterocycles. The second-order valence-electron chi connectivity index (χ2n) is 4.38. The number of amides is 1. The minimum atomic E-state index is -0.581. The summed E-state index contributed by atoms with van der Waals surface area (Å²) in [5.41, 5.74) is 6.38. The molecule has 0 bridgehead atoms. The van der Waals surface area contributed by atoms with E-state index in [1.807, 2.05) is 0 Å². The predicted molar refractivity (Wildman–Crippen MR) is 77.0 cm³/mol. The summed E-state index contributed by atoms with van der Waals surface area (Å²) in [6.07, 6.45) is 0. The van der Waals surface area contributed by atoms with Crippen LogP contribution in [0.3, 0.4) is 0 Å². The Bertz CT molecular complexity index is 700. The molecule has 2 aromatic carbocycles. The molecule has 4 N–H and O–H groups in total. The maximum absolute atomic E-state index is 11.1. The van der Waals surface area contributed by atoms with Crippen LogP contribution in [0.4, 0.5) is 11.4 Å². The molecule has 0 saturated heterocycles. The number of nitro benzene ring substituents is 1. The van der Waals surface area contributed by atoms with Gasteiger partial charge in [-0.15, -0.1) is 0 Å². The maximum Gasteiger partial charge on any atom is 0.296 e. The molecular formula is C14H13N3O4. The molecule has 7 nitrogen and oxygen atoms in total. The third-order valence-corrected chi connectivity index (χ3v) is 2.87. The molecule has 2 rings (SSSR count). The van der Waals surface area contributed by atoms with E-state index >= 15 is 0 Å². The summed E-state index contributed by atoms with van der Waals surface area (Å²) in [7, 11) is 0. The zero-order chi connectivity index (χ0) is 15.4. The Morgan fingerprint density at radius 3 is 2.71 bits per heavy atom. The number of carbonyl (C=O) groups is 1. The number of rotatable bonds is 5. The number of nitrogens with zero attached hydrogens (tertiary/aromatic N) is 1. The summed E-state index contributed by atoms with van der Waals surface area (Å²) >= 11 is 0. The summed E-state index contributed by atoms with van der Waals surface area (Å²) in [5.74, 6) is -0.713. The molecule has 1 amide bonds. The van der Waals surface area contributed by atoms with Crippen molar-refractivity contribution >= 4 is 17.3 Å². The number of benzene rings is 2. The summed E-state index contributed by atoms with van der Waals surface area (Å²) in [4.78, 5) is 21.4. The van der Waals surface area contributed by atoms with Crippen molar-refractivity contribution in [1.29, 1.82) is 0 Å². The van der Waals surface area contributed by atoms with Gasteiger partial charge in [-0.1, -0.05) is 12.1 Å². The minimum absolute atomic E-state index is 0.178. The number of nitro groups is 1. The van der Waals surface area contributed by atoms with Gasteiger partial charge in [-0.25, -0.2) is 0 Å². The molecule has 0 aromatic heterocycles. The summed E-state index contributed by atoms with van der Waals surface area (Å²) < 4.78 is 0. The van der Waals surface area contributed by atoms with E-state index < -0.39 is 10.8 Å². The largest absolute Gasteiger partial charge is 0.508 e. The molecule has 2 aromatic rings. The molecule has 0 spiro atoms. The Balaban J connectivity index is 2.18. The molecule has 0 atom stereocenters. The number of nitrogens with two attached hydrogens (primary N) is 1. The normalized spacial score (nSPS) is 10.1. The lowest BCUT2D eigenvalue weighted by Gasteiger charge is -2.08. The van der Waals surface area contributed by atoms with E-state index in [1.165, 1.54) is 12.1 Å². The number of nitrogens with one attached hydrogen (secondary N) is 1. The van der Waals surface area contributed by atoms with Crippen LogP contribution < -0.4 is 11.1 Å². The third-order valence-electron chi connectivity index (χ3n) is 2.87. The van der Waals surface area contributed by atoms with Gasteiger partial charge in [-0.2, -0.15) is 0 Å². The van der Waals surface area contributed by atoms with E-state index in [-0.39, 0.29) is 23.7 Å². The molecule has 0 aliphatic carbocycles. The number of carbonyl (C=O) groups excluding carboxylic acids is 1. The highest BCUT2D eigenvalue weighted by molar-refractivity contribution is 5.92. The lowest BCUT2D eigenvalue weighted by atomic mass is 10.1. The molecule has 21 heavy (non-hydrogen) atoms. The second kappa shape index (κ2) is 5.91. The fraction of sp³-hybridized carbons (Fsp3) is 0.0714. The first-order valence-electron chi connectivity index (χ1n) is 6.07. The fourth-order valence-corrected chi connectivity index (χ4v) is 1.85. The average Bonchev–Trinajstić information content (AvgIpc) is 2.46. The first-order valence-corrected chi connectivity index (χ1v) is 6.07. The Hall–Kier alpha value is -3.09. The van der Waals surface area contributed by atoms with Crippen molar-refractivity contribution in [3.05, 3.63) is 63.7 Å². The Morgan fingerprint density at radius 1 is 1.29 bits per heavy atom. The van der Waals surface area contributed by atoms with Crippen molar-refractivity contribution in [2.45, 2.75) is 6.54 Å². The molecule has 0 aliphatic heterocycles. The summed E-state index contributed by atoms with van der Waals surface area (Å²) in [6, 6.07) is 10.5. The van der Waals surface area contributed by atoms with Gasteiger partial charge in [0.05, 0.1) is 11.0 Å². The van der Waals surface area contributed by atoms with Gasteiger partial charge in [0, 0.05) is 12.1 Å². The van der Waals surface area contributed by atoms with Gasteiger partial charge in [-0.3, -0.25) is 14.9 Å². The standard InChI is InChI=1S/C14H13N3O4/c15-14(19)10-3-1-2-9(6-10)8-16-12-5-4-11(18)7-13(12)17(20)21/h1-7,16,18H,8H2,(H2,15,19). The second-order valence-corrected chi connectivity index (χ2v) is 4.38. The number of anilines is 1. The van der Waals surface area contributed by atoms with Crippen LogP contribution in [0.1, 0.15) is 15.9 Å². The van der Waals surface area contributed by atoms with E-state index in [2.05, 4.69) is 5.32 Å². The smallest absolute Gasteiger partial charge is 0.296 e. The van der Waals surface area contributed by atoms with Gasteiger partial charge in [0.2, 0.25) is 5.91 Å². The van der Waals surface area contributed by atoms with E-state index in [1.54, 1.807) is 24.3 Å². The predicted octanol–water partition coefficient (Wildman–Crippen LogP) is 2.01. The van der Waals surface area contributed by atoms with E-state index in [0.717, 1.165) is 11.6 Å². The number of hydrogen-bond donors (Lipinski definition) is 3. The third kappa shape index (κ3) is 3.47. The summed E-state index contributed by atoms with van der Waals surface area (Å²) in [6.45, 7) is 0.284. The molecule has 0 unspecified atom stereocenters. The highest BCUT2D eigenvalue weighted by Crippen LogP contribution is 2.28. The Kier molecular flexibility index (Phi) is 4.03. The van der Waals surface area contributed by atoms with Crippen LogP contribution >= 0.6 is 0 Å². The first kappa shape index (κ1) is 14.3. The molecular weight excluding hydrogens is 274 g/mol. The zero-order valence-corrected chi connectivity index (χ0v) is 10.9. The highest BCUT2D eigenvalue weighted by Gasteiger charge is 2.14. The quantitative estimate of drug-likeness (QED) is 0.441. The zero-order valence-electron chi connectivity index (χ0n) is 10.9. The molecule has 0 fully saturated rings. The lowest BCUT2D eigenvalue weighted by molar-refractivity contribution is -0.384. The minimum Gasteiger partial charge on any atom is -0.508 e. The Morgan fingerprint density at radius 2 is 2.05 bits per heavy atom. The van der Waals surface area contributed by atoms with Crippen molar-refractivity contribution in [1.82, 2.24) is 0 Å². The number of phenols is 1. The fourth-order valence-electron chi connectivity index (χ4n) is 1.85. The topological polar surface area (TPSA) is 118 Å². The molecule has 108 valence electrons. The van der Waals surface area contributed by atoms with Crippen molar-refractivity contribution in [3.63, 3.8) is 0 Å². The molecule has 0 saturated carbocycles. The lowest BCUT2D eigenvalue weighted by Crippen LogP contribution is -2.11.